The minimum absolute atomic E-state index is 0.0563. The number of hydrogen-bond acceptors (Lipinski definition) is 5. The van der Waals surface area contributed by atoms with Crippen LogP contribution >= 0.6 is 0 Å². The second-order valence-corrected chi connectivity index (χ2v) is 4.22. The lowest BCUT2D eigenvalue weighted by atomic mass is 10.1. The monoisotopic (exact) mass is 267 g/mol. The highest BCUT2D eigenvalue weighted by Crippen LogP contribution is 2.27. The zero-order valence-electron chi connectivity index (χ0n) is 10.2. The van der Waals surface area contributed by atoms with Gasteiger partial charge in [-0.3, -0.25) is 14.5 Å². The average Bonchev–Trinajstić information content (AvgIpc) is 2.46. The van der Waals surface area contributed by atoms with E-state index in [0.717, 1.165) is 0 Å². The Morgan fingerprint density at radius 2 is 2.11 bits per heavy atom. The van der Waals surface area contributed by atoms with E-state index < -0.39 is 12.1 Å². The SMILES string of the molecule is O=COC(c1ccccc1)N1CCOC(F)(C=O)C1. The van der Waals surface area contributed by atoms with E-state index in [4.69, 9.17) is 9.47 Å². The van der Waals surface area contributed by atoms with Crippen molar-refractivity contribution in [3.05, 3.63) is 35.9 Å². The number of alkyl halides is 1. The van der Waals surface area contributed by atoms with Gasteiger partial charge in [-0.1, -0.05) is 30.3 Å². The molecule has 1 aliphatic rings. The second kappa shape index (κ2) is 5.90. The van der Waals surface area contributed by atoms with Crippen molar-refractivity contribution in [3.8, 4) is 0 Å². The summed E-state index contributed by atoms with van der Waals surface area (Å²) in [6.45, 7) is 0.464. The lowest BCUT2D eigenvalue weighted by molar-refractivity contribution is -0.206. The van der Waals surface area contributed by atoms with Crippen molar-refractivity contribution in [2.75, 3.05) is 19.7 Å². The highest BCUT2D eigenvalue weighted by atomic mass is 19.2. The topological polar surface area (TPSA) is 55.8 Å². The first-order valence-corrected chi connectivity index (χ1v) is 5.86. The highest BCUT2D eigenvalue weighted by Gasteiger charge is 2.40. The Bertz CT molecular complexity index is 442. The molecule has 5 nitrogen and oxygen atoms in total. The fraction of sp³-hybridized carbons (Fsp3) is 0.385. The standard InChI is InChI=1S/C13H14FNO4/c14-13(9-16)8-15(6-7-19-13)12(18-10-17)11-4-2-1-3-5-11/h1-5,9-10,12H,6-8H2. The predicted molar refractivity (Wildman–Crippen MR) is 63.8 cm³/mol. The van der Waals surface area contributed by atoms with Gasteiger partial charge in [0.2, 0.25) is 0 Å². The molecule has 102 valence electrons. The van der Waals surface area contributed by atoms with Gasteiger partial charge in [-0.2, -0.15) is 0 Å². The van der Waals surface area contributed by atoms with E-state index in [2.05, 4.69) is 0 Å². The molecule has 19 heavy (non-hydrogen) atoms. The molecule has 1 fully saturated rings. The van der Waals surface area contributed by atoms with Crippen LogP contribution in [0.3, 0.4) is 0 Å². The van der Waals surface area contributed by atoms with E-state index in [1.165, 1.54) is 0 Å². The summed E-state index contributed by atoms with van der Waals surface area (Å²) in [6, 6.07) is 8.94. The maximum atomic E-state index is 13.9. The third kappa shape index (κ3) is 3.15. The maximum Gasteiger partial charge on any atom is 0.294 e. The van der Waals surface area contributed by atoms with Crippen molar-refractivity contribution in [2.24, 2.45) is 0 Å². The van der Waals surface area contributed by atoms with Crippen LogP contribution in [0.15, 0.2) is 30.3 Å². The zero-order chi connectivity index (χ0) is 13.7. The molecule has 2 unspecified atom stereocenters. The number of benzene rings is 1. The van der Waals surface area contributed by atoms with Gasteiger partial charge in [-0.15, -0.1) is 0 Å². The summed E-state index contributed by atoms with van der Waals surface area (Å²) >= 11 is 0. The van der Waals surface area contributed by atoms with E-state index in [9.17, 15) is 14.0 Å². The third-order valence-electron chi connectivity index (χ3n) is 2.92. The van der Waals surface area contributed by atoms with Gasteiger partial charge < -0.3 is 9.47 Å². The number of morpholine rings is 1. The summed E-state index contributed by atoms with van der Waals surface area (Å²) in [5, 5.41) is 0. The van der Waals surface area contributed by atoms with Gasteiger partial charge in [-0.05, 0) is 0 Å². The van der Waals surface area contributed by atoms with E-state index >= 15 is 0 Å². The Morgan fingerprint density at radius 1 is 1.37 bits per heavy atom. The number of carbonyl (C=O) groups is 2. The van der Waals surface area contributed by atoms with Gasteiger partial charge in [0.05, 0.1) is 13.2 Å². The summed E-state index contributed by atoms with van der Waals surface area (Å²) < 4.78 is 23.7. The summed E-state index contributed by atoms with van der Waals surface area (Å²) in [5.41, 5.74) is 0.713. The van der Waals surface area contributed by atoms with Crippen molar-refractivity contribution in [3.63, 3.8) is 0 Å². The lowest BCUT2D eigenvalue weighted by Gasteiger charge is -2.37. The summed E-state index contributed by atoms with van der Waals surface area (Å²) in [7, 11) is 0. The van der Waals surface area contributed by atoms with Crippen molar-refractivity contribution in [1.82, 2.24) is 4.90 Å². The highest BCUT2D eigenvalue weighted by molar-refractivity contribution is 5.60. The maximum absolute atomic E-state index is 13.9. The Labute approximate surface area is 109 Å². The molecule has 1 aromatic carbocycles. The lowest BCUT2D eigenvalue weighted by Crippen LogP contribution is -2.51. The first-order chi connectivity index (χ1) is 9.18. The largest absolute Gasteiger partial charge is 0.444 e. The molecule has 1 saturated heterocycles. The summed E-state index contributed by atoms with van der Waals surface area (Å²) in [5.74, 6) is -2.35. The number of carbonyl (C=O) groups excluding carboxylic acids is 2. The quantitative estimate of drug-likeness (QED) is 0.746. The molecule has 2 atom stereocenters. The Morgan fingerprint density at radius 3 is 2.74 bits per heavy atom. The molecule has 1 heterocycles. The van der Waals surface area contributed by atoms with Crippen LogP contribution in [0.5, 0.6) is 0 Å². The summed E-state index contributed by atoms with van der Waals surface area (Å²) in [4.78, 5) is 22.9. The van der Waals surface area contributed by atoms with Crippen molar-refractivity contribution in [1.29, 1.82) is 0 Å². The number of ether oxygens (including phenoxy) is 2. The molecule has 0 N–H and O–H groups in total. The minimum Gasteiger partial charge on any atom is -0.444 e. The smallest absolute Gasteiger partial charge is 0.294 e. The number of hydrogen-bond donors (Lipinski definition) is 0. The molecule has 1 aromatic rings. The number of nitrogens with zero attached hydrogens (tertiary/aromatic N) is 1. The molecule has 0 aliphatic carbocycles. The molecule has 1 aliphatic heterocycles. The van der Waals surface area contributed by atoms with Crippen molar-refractivity contribution in [2.45, 2.75) is 12.1 Å². The fourth-order valence-electron chi connectivity index (χ4n) is 2.05. The molecule has 0 aromatic heterocycles. The molecule has 6 heteroatoms. The van der Waals surface area contributed by atoms with Crippen LogP contribution in [0.4, 0.5) is 4.39 Å². The average molecular weight is 267 g/mol. The third-order valence-corrected chi connectivity index (χ3v) is 2.92. The molecule has 0 saturated carbocycles. The van der Waals surface area contributed by atoms with Crippen molar-refractivity contribution < 1.29 is 23.5 Å². The molecular weight excluding hydrogens is 253 g/mol. The van der Waals surface area contributed by atoms with Crippen LogP contribution in [0.25, 0.3) is 0 Å². The van der Waals surface area contributed by atoms with Crippen molar-refractivity contribution >= 4 is 12.8 Å². The number of halogens is 1. The van der Waals surface area contributed by atoms with Gasteiger partial charge in [0, 0.05) is 12.1 Å². The Kier molecular flexibility index (Phi) is 4.24. The van der Waals surface area contributed by atoms with Crippen LogP contribution in [0.1, 0.15) is 11.8 Å². The fourth-order valence-corrected chi connectivity index (χ4v) is 2.05. The van der Waals surface area contributed by atoms with Crippen LogP contribution in [-0.4, -0.2) is 43.2 Å². The molecule has 0 spiro atoms. The first-order valence-electron chi connectivity index (χ1n) is 5.86. The van der Waals surface area contributed by atoms with Gasteiger partial charge in [0.1, 0.15) is 0 Å². The first kappa shape index (κ1) is 13.6. The van der Waals surface area contributed by atoms with Gasteiger partial charge >= 0.3 is 0 Å². The van der Waals surface area contributed by atoms with Crippen LogP contribution in [0.2, 0.25) is 0 Å². The van der Waals surface area contributed by atoms with Crippen LogP contribution in [0, 0.1) is 0 Å². The Hall–Kier alpha value is -1.79. The molecule has 0 radical (unpaired) electrons. The van der Waals surface area contributed by atoms with Gasteiger partial charge in [0.15, 0.2) is 12.5 Å². The van der Waals surface area contributed by atoms with E-state index in [0.29, 0.717) is 18.6 Å². The van der Waals surface area contributed by atoms with Crippen LogP contribution in [-0.2, 0) is 19.1 Å². The second-order valence-electron chi connectivity index (χ2n) is 4.22. The van der Waals surface area contributed by atoms with Crippen LogP contribution < -0.4 is 0 Å². The number of rotatable bonds is 5. The zero-order valence-corrected chi connectivity index (χ0v) is 10.2. The molecular formula is C13H14FNO4. The number of aldehydes is 1. The minimum atomic E-state index is -2.35. The van der Waals surface area contributed by atoms with E-state index in [-0.39, 0.29) is 19.4 Å². The molecule has 0 amide bonds. The summed E-state index contributed by atoms with van der Waals surface area (Å²) in [6.07, 6.45) is -0.597. The Balaban J connectivity index is 2.19. The predicted octanol–water partition coefficient (Wildman–Crippen LogP) is 1.06. The van der Waals surface area contributed by atoms with E-state index in [1.807, 2.05) is 6.07 Å². The van der Waals surface area contributed by atoms with E-state index in [1.54, 1.807) is 29.2 Å². The van der Waals surface area contributed by atoms with Gasteiger partial charge in [0.25, 0.3) is 12.3 Å². The molecule has 0 bridgehead atoms. The van der Waals surface area contributed by atoms with Gasteiger partial charge in [-0.25, -0.2) is 4.39 Å². The normalized spacial score (nSPS) is 25.5. The molecule has 2 rings (SSSR count).